The maximum absolute atomic E-state index is 10.4. The lowest BCUT2D eigenvalue weighted by atomic mass is 10.3. The first-order chi connectivity index (χ1) is 8.15. The Morgan fingerprint density at radius 3 is 2.29 bits per heavy atom. The Kier molecular flexibility index (Phi) is 3.24. The first-order valence-corrected chi connectivity index (χ1v) is 5.60. The van der Waals surface area contributed by atoms with E-state index in [1.165, 1.54) is 24.0 Å². The van der Waals surface area contributed by atoms with E-state index in [1.807, 2.05) is 12.1 Å². The van der Waals surface area contributed by atoms with E-state index in [2.05, 4.69) is 4.98 Å². The fourth-order valence-corrected chi connectivity index (χ4v) is 2.00. The van der Waals surface area contributed by atoms with E-state index in [0.717, 1.165) is 9.79 Å². The molecule has 0 bridgehead atoms. The zero-order valence-corrected chi connectivity index (χ0v) is 9.55. The maximum atomic E-state index is 10.4. The molecule has 2 N–H and O–H groups in total. The third-order valence-corrected chi connectivity index (χ3v) is 3.01. The number of nitro groups is 1. The van der Waals surface area contributed by atoms with Gasteiger partial charge in [0.2, 0.25) is 0 Å². The molecule has 0 aliphatic heterocycles. The van der Waals surface area contributed by atoms with Crippen molar-refractivity contribution in [2.24, 2.45) is 0 Å². The summed E-state index contributed by atoms with van der Waals surface area (Å²) in [5.41, 5.74) is 6.28. The maximum Gasteiger partial charge on any atom is 0.363 e. The summed E-state index contributed by atoms with van der Waals surface area (Å²) in [5, 5.41) is 10.4. The standard InChI is InChI=1S/C11H9N3O2S/c12-8-1-3-9(4-2-8)17-10-5-6-11(13-7-10)14(15)16/h1-7H,12H2. The van der Waals surface area contributed by atoms with Crippen molar-refractivity contribution in [3.8, 4) is 0 Å². The average molecular weight is 247 g/mol. The number of nitrogens with two attached hydrogens (primary N) is 1. The number of hydrogen-bond donors (Lipinski definition) is 1. The topological polar surface area (TPSA) is 82.0 Å². The molecule has 2 rings (SSSR count). The van der Waals surface area contributed by atoms with Crippen molar-refractivity contribution in [1.82, 2.24) is 4.98 Å². The van der Waals surface area contributed by atoms with Gasteiger partial charge in [0.1, 0.15) is 0 Å². The highest BCUT2D eigenvalue weighted by Gasteiger charge is 2.06. The van der Waals surface area contributed by atoms with Gasteiger partial charge < -0.3 is 15.8 Å². The van der Waals surface area contributed by atoms with Crippen molar-refractivity contribution in [2.45, 2.75) is 9.79 Å². The molecule has 0 unspecified atom stereocenters. The first-order valence-electron chi connectivity index (χ1n) is 4.79. The van der Waals surface area contributed by atoms with Crippen LogP contribution >= 0.6 is 11.8 Å². The Morgan fingerprint density at radius 1 is 1.12 bits per heavy atom. The number of pyridine rings is 1. The highest BCUT2D eigenvalue weighted by atomic mass is 32.2. The molecule has 0 amide bonds. The number of nitrogen functional groups attached to an aromatic ring is 1. The molecular formula is C11H9N3O2S. The van der Waals surface area contributed by atoms with Gasteiger partial charge in [-0.2, -0.15) is 0 Å². The second kappa shape index (κ2) is 4.84. The van der Waals surface area contributed by atoms with Gasteiger partial charge in [-0.05, 0) is 40.2 Å². The SMILES string of the molecule is Nc1ccc(Sc2ccc([N+](=O)[O-])nc2)cc1. The van der Waals surface area contributed by atoms with Crippen LogP contribution in [0.3, 0.4) is 0 Å². The summed E-state index contributed by atoms with van der Waals surface area (Å²) in [5.74, 6) is -0.147. The van der Waals surface area contributed by atoms with E-state index >= 15 is 0 Å². The summed E-state index contributed by atoms with van der Waals surface area (Å²) >= 11 is 1.48. The van der Waals surface area contributed by atoms with Gasteiger partial charge >= 0.3 is 5.82 Å². The van der Waals surface area contributed by atoms with Crippen molar-refractivity contribution >= 4 is 23.3 Å². The Morgan fingerprint density at radius 2 is 1.76 bits per heavy atom. The second-order valence-electron chi connectivity index (χ2n) is 3.28. The quantitative estimate of drug-likeness (QED) is 0.512. The number of rotatable bonds is 3. The minimum atomic E-state index is -0.516. The predicted molar refractivity (Wildman–Crippen MR) is 65.9 cm³/mol. The number of benzene rings is 1. The lowest BCUT2D eigenvalue weighted by Gasteiger charge is -2.00. The second-order valence-corrected chi connectivity index (χ2v) is 4.43. The monoisotopic (exact) mass is 247 g/mol. The Balaban J connectivity index is 2.13. The minimum Gasteiger partial charge on any atom is -0.399 e. The molecule has 6 heteroatoms. The van der Waals surface area contributed by atoms with Gasteiger partial charge in [-0.15, -0.1) is 0 Å². The predicted octanol–water partition coefficient (Wildman–Crippen LogP) is 2.72. The molecule has 2 aromatic rings. The average Bonchev–Trinajstić information content (AvgIpc) is 2.33. The van der Waals surface area contributed by atoms with Crippen molar-refractivity contribution in [3.63, 3.8) is 0 Å². The normalized spacial score (nSPS) is 10.1. The van der Waals surface area contributed by atoms with Crippen LogP contribution in [0.1, 0.15) is 0 Å². The van der Waals surface area contributed by atoms with Gasteiger partial charge in [0.05, 0.1) is 4.90 Å². The highest BCUT2D eigenvalue weighted by Crippen LogP contribution is 2.28. The van der Waals surface area contributed by atoms with Crippen LogP contribution in [0.5, 0.6) is 0 Å². The molecule has 0 saturated heterocycles. The fraction of sp³-hybridized carbons (Fsp3) is 0. The summed E-state index contributed by atoms with van der Waals surface area (Å²) in [6.45, 7) is 0. The molecule has 0 atom stereocenters. The first kappa shape index (κ1) is 11.4. The van der Waals surface area contributed by atoms with E-state index in [1.54, 1.807) is 18.2 Å². The Labute approximate surface area is 102 Å². The summed E-state index contributed by atoms with van der Waals surface area (Å²) in [6.07, 6.45) is 1.49. The van der Waals surface area contributed by atoms with Crippen molar-refractivity contribution < 1.29 is 4.92 Å². The molecule has 0 aliphatic rings. The van der Waals surface area contributed by atoms with Crippen molar-refractivity contribution in [3.05, 3.63) is 52.7 Å². The summed E-state index contributed by atoms with van der Waals surface area (Å²) < 4.78 is 0. The number of aromatic nitrogens is 1. The number of nitrogens with zero attached hydrogens (tertiary/aromatic N) is 2. The van der Waals surface area contributed by atoms with E-state index in [4.69, 9.17) is 5.73 Å². The molecule has 0 radical (unpaired) electrons. The van der Waals surface area contributed by atoms with E-state index in [9.17, 15) is 10.1 Å². The van der Waals surface area contributed by atoms with Crippen LogP contribution < -0.4 is 5.73 Å². The van der Waals surface area contributed by atoms with Crippen LogP contribution in [0.4, 0.5) is 11.5 Å². The third-order valence-electron chi connectivity index (χ3n) is 2.02. The van der Waals surface area contributed by atoms with Gasteiger partial charge in [-0.3, -0.25) is 0 Å². The van der Waals surface area contributed by atoms with Gasteiger partial charge in [-0.1, -0.05) is 11.8 Å². The summed E-state index contributed by atoms with van der Waals surface area (Å²) in [6, 6.07) is 10.5. The molecule has 0 fully saturated rings. The zero-order chi connectivity index (χ0) is 12.3. The van der Waals surface area contributed by atoms with Gasteiger partial charge in [0, 0.05) is 16.6 Å². The summed E-state index contributed by atoms with van der Waals surface area (Å²) in [7, 11) is 0. The molecule has 1 aromatic heterocycles. The van der Waals surface area contributed by atoms with Crippen LogP contribution in [-0.2, 0) is 0 Å². The smallest absolute Gasteiger partial charge is 0.363 e. The molecule has 86 valence electrons. The lowest BCUT2D eigenvalue weighted by molar-refractivity contribution is -0.389. The number of anilines is 1. The van der Waals surface area contributed by atoms with Crippen LogP contribution in [0.2, 0.25) is 0 Å². The van der Waals surface area contributed by atoms with Gasteiger partial charge in [0.15, 0.2) is 6.20 Å². The molecule has 0 spiro atoms. The minimum absolute atomic E-state index is 0.147. The third kappa shape index (κ3) is 2.94. The van der Waals surface area contributed by atoms with Crippen LogP contribution in [-0.4, -0.2) is 9.91 Å². The van der Waals surface area contributed by atoms with Crippen LogP contribution in [0, 0.1) is 10.1 Å². The van der Waals surface area contributed by atoms with E-state index < -0.39 is 4.92 Å². The molecule has 5 nitrogen and oxygen atoms in total. The van der Waals surface area contributed by atoms with Crippen molar-refractivity contribution in [1.29, 1.82) is 0 Å². The van der Waals surface area contributed by atoms with Crippen LogP contribution in [0.15, 0.2) is 52.4 Å². The van der Waals surface area contributed by atoms with Crippen molar-refractivity contribution in [2.75, 3.05) is 5.73 Å². The zero-order valence-electron chi connectivity index (χ0n) is 8.74. The van der Waals surface area contributed by atoms with E-state index in [0.29, 0.717) is 5.69 Å². The Hall–Kier alpha value is -2.08. The fourth-order valence-electron chi connectivity index (χ4n) is 1.21. The molecular weight excluding hydrogens is 238 g/mol. The van der Waals surface area contributed by atoms with Crippen LogP contribution in [0.25, 0.3) is 0 Å². The molecule has 1 heterocycles. The lowest BCUT2D eigenvalue weighted by Crippen LogP contribution is -1.90. The molecule has 0 aliphatic carbocycles. The molecule has 1 aromatic carbocycles. The largest absolute Gasteiger partial charge is 0.399 e. The highest BCUT2D eigenvalue weighted by molar-refractivity contribution is 7.99. The molecule has 17 heavy (non-hydrogen) atoms. The van der Waals surface area contributed by atoms with E-state index in [-0.39, 0.29) is 5.82 Å². The van der Waals surface area contributed by atoms with Gasteiger partial charge in [0.25, 0.3) is 0 Å². The molecule has 0 saturated carbocycles. The summed E-state index contributed by atoms with van der Waals surface area (Å²) in [4.78, 5) is 15.5. The Bertz CT molecular complexity index is 525. The number of hydrogen-bond acceptors (Lipinski definition) is 5. The van der Waals surface area contributed by atoms with Gasteiger partial charge in [-0.25, -0.2) is 0 Å².